The Morgan fingerprint density at radius 2 is 2.43 bits per heavy atom. The van der Waals surface area contributed by atoms with Crippen LogP contribution >= 0.6 is 11.3 Å². The van der Waals surface area contributed by atoms with Crippen molar-refractivity contribution in [2.24, 2.45) is 17.0 Å². The van der Waals surface area contributed by atoms with Crippen LogP contribution in [-0.4, -0.2) is 17.6 Å². The predicted molar refractivity (Wildman–Crippen MR) is 55.7 cm³/mol. The zero-order chi connectivity index (χ0) is 10.6. The van der Waals surface area contributed by atoms with Crippen LogP contribution in [0.25, 0.3) is 0 Å². The Morgan fingerprint density at radius 3 is 2.86 bits per heavy atom. The van der Waals surface area contributed by atoms with Crippen LogP contribution in [0.2, 0.25) is 0 Å². The summed E-state index contributed by atoms with van der Waals surface area (Å²) < 4.78 is 1.94. The van der Waals surface area contributed by atoms with Crippen molar-refractivity contribution >= 4 is 17.3 Å². The number of aromatic nitrogens is 1. The zero-order valence-corrected chi connectivity index (χ0v) is 9.09. The van der Waals surface area contributed by atoms with Crippen molar-refractivity contribution < 1.29 is 0 Å². The monoisotopic (exact) mass is 209 g/mol. The van der Waals surface area contributed by atoms with E-state index < -0.39 is 0 Å². The summed E-state index contributed by atoms with van der Waals surface area (Å²) in [4.78, 5) is 8.83. The van der Waals surface area contributed by atoms with Gasteiger partial charge < -0.3 is 4.57 Å². The summed E-state index contributed by atoms with van der Waals surface area (Å²) in [5.74, 6) is 0.324. The lowest BCUT2D eigenvalue weighted by molar-refractivity contribution is 0.835. The number of guanidine groups is 1. The van der Waals surface area contributed by atoms with Gasteiger partial charge in [-0.3, -0.25) is 10.3 Å². The van der Waals surface area contributed by atoms with Gasteiger partial charge in [-0.15, -0.1) is 11.3 Å². The minimum atomic E-state index is 0.324. The van der Waals surface area contributed by atoms with Gasteiger partial charge in [-0.25, -0.2) is 0 Å². The van der Waals surface area contributed by atoms with Crippen LogP contribution < -0.4 is 10.1 Å². The second-order valence-electron chi connectivity index (χ2n) is 2.61. The van der Waals surface area contributed by atoms with Gasteiger partial charge in [0.15, 0.2) is 11.0 Å². The number of hydrogen-bond acceptors (Lipinski definition) is 3. The molecule has 0 bridgehead atoms. The quantitative estimate of drug-likeness (QED) is 0.290. The lowest BCUT2D eigenvalue weighted by Gasteiger charge is -1.95. The molecule has 1 N–H and O–H groups in total. The number of rotatable bonds is 0. The number of aliphatic imine (C=N–C) groups is 1. The molecule has 1 aromatic heterocycles. The standard InChI is InChI=1S/C8H11N5S/c1-6-4-14-8(13(6)3)12-7(10-2)11-5-9/h4H,1-3H3,(H,10,11). The fourth-order valence-corrected chi connectivity index (χ4v) is 1.70. The van der Waals surface area contributed by atoms with Crippen molar-refractivity contribution in [1.29, 1.82) is 5.26 Å². The van der Waals surface area contributed by atoms with Crippen LogP contribution in [0.3, 0.4) is 0 Å². The summed E-state index contributed by atoms with van der Waals surface area (Å²) in [6, 6.07) is 0. The predicted octanol–water partition coefficient (Wildman–Crippen LogP) is 0.352. The van der Waals surface area contributed by atoms with Crippen molar-refractivity contribution in [3.8, 4) is 6.19 Å². The van der Waals surface area contributed by atoms with Gasteiger partial charge in [-0.05, 0) is 6.92 Å². The van der Waals surface area contributed by atoms with Crippen molar-refractivity contribution in [1.82, 2.24) is 9.88 Å². The van der Waals surface area contributed by atoms with Gasteiger partial charge in [0.05, 0.1) is 0 Å². The van der Waals surface area contributed by atoms with E-state index in [2.05, 4.69) is 15.3 Å². The minimum Gasteiger partial charge on any atom is -0.324 e. The Hall–Kier alpha value is -1.61. The molecule has 14 heavy (non-hydrogen) atoms. The summed E-state index contributed by atoms with van der Waals surface area (Å²) in [6.45, 7) is 2.00. The molecule has 5 nitrogen and oxygen atoms in total. The molecule has 0 amide bonds. The van der Waals surface area contributed by atoms with Crippen molar-refractivity contribution in [3.05, 3.63) is 15.9 Å². The first kappa shape index (κ1) is 10.5. The van der Waals surface area contributed by atoms with E-state index in [0.29, 0.717) is 5.96 Å². The summed E-state index contributed by atoms with van der Waals surface area (Å²) in [6.07, 6.45) is 1.79. The first-order valence-corrected chi connectivity index (χ1v) is 4.84. The summed E-state index contributed by atoms with van der Waals surface area (Å²) in [5.41, 5.74) is 1.13. The van der Waals surface area contributed by atoms with Gasteiger partial charge >= 0.3 is 0 Å². The Balaban J connectivity index is 3.10. The van der Waals surface area contributed by atoms with E-state index >= 15 is 0 Å². The molecule has 0 aliphatic carbocycles. The molecule has 0 atom stereocenters. The lowest BCUT2D eigenvalue weighted by Crippen LogP contribution is -2.21. The summed E-state index contributed by atoms with van der Waals surface area (Å²) >= 11 is 1.51. The third kappa shape index (κ3) is 2.20. The molecule has 0 radical (unpaired) electrons. The van der Waals surface area contributed by atoms with Crippen LogP contribution in [-0.2, 0) is 7.05 Å². The maximum atomic E-state index is 8.41. The maximum absolute atomic E-state index is 8.41. The first-order valence-electron chi connectivity index (χ1n) is 3.96. The second kappa shape index (κ2) is 4.58. The van der Waals surface area contributed by atoms with Gasteiger partial charge in [0.1, 0.15) is 0 Å². The summed E-state index contributed by atoms with van der Waals surface area (Å²) in [5, 5.41) is 12.8. The Kier molecular flexibility index (Phi) is 3.42. The number of nitriles is 1. The highest BCUT2D eigenvalue weighted by molar-refractivity contribution is 7.07. The molecule has 0 saturated carbocycles. The molecule has 1 rings (SSSR count). The Labute approximate surface area is 86.1 Å². The molecule has 0 unspecified atom stereocenters. The topological polar surface area (TPSA) is 65.5 Å². The first-order chi connectivity index (χ1) is 6.69. The highest BCUT2D eigenvalue weighted by Crippen LogP contribution is 1.96. The van der Waals surface area contributed by atoms with E-state index in [-0.39, 0.29) is 0 Å². The molecule has 1 heterocycles. The van der Waals surface area contributed by atoms with Gasteiger partial charge in [0.25, 0.3) is 0 Å². The normalized spacial score (nSPS) is 12.7. The van der Waals surface area contributed by atoms with Crippen molar-refractivity contribution in [2.45, 2.75) is 6.92 Å². The van der Waals surface area contributed by atoms with Gasteiger partial charge in [0, 0.05) is 25.2 Å². The van der Waals surface area contributed by atoms with Crippen LogP contribution in [0.4, 0.5) is 0 Å². The molecule has 0 aliphatic rings. The maximum Gasteiger partial charge on any atom is 0.233 e. The van der Waals surface area contributed by atoms with Crippen molar-refractivity contribution in [2.75, 3.05) is 7.05 Å². The van der Waals surface area contributed by atoms with E-state index in [1.54, 1.807) is 13.2 Å². The second-order valence-corrected chi connectivity index (χ2v) is 3.45. The number of hydrogen-bond donors (Lipinski definition) is 1. The van der Waals surface area contributed by atoms with Gasteiger partial charge in [-0.1, -0.05) is 0 Å². The fourth-order valence-electron chi connectivity index (χ4n) is 0.823. The number of nitrogens with zero attached hydrogens (tertiary/aromatic N) is 4. The minimum absolute atomic E-state index is 0.324. The number of thiazole rings is 1. The molecular weight excluding hydrogens is 198 g/mol. The molecule has 0 spiro atoms. The van der Waals surface area contributed by atoms with Crippen LogP contribution in [0.15, 0.2) is 15.4 Å². The molecule has 0 saturated heterocycles. The molecule has 1 aromatic rings. The van der Waals surface area contributed by atoms with Gasteiger partial charge in [-0.2, -0.15) is 10.3 Å². The fraction of sp³-hybridized carbons (Fsp3) is 0.375. The highest BCUT2D eigenvalue weighted by atomic mass is 32.1. The largest absolute Gasteiger partial charge is 0.324 e. The van der Waals surface area contributed by atoms with Crippen LogP contribution in [0, 0.1) is 18.4 Å². The summed E-state index contributed by atoms with van der Waals surface area (Å²) in [7, 11) is 3.51. The zero-order valence-electron chi connectivity index (χ0n) is 8.27. The van der Waals surface area contributed by atoms with E-state index in [1.807, 2.05) is 23.9 Å². The van der Waals surface area contributed by atoms with Crippen LogP contribution in [0.5, 0.6) is 0 Å². The smallest absolute Gasteiger partial charge is 0.233 e. The molecule has 0 aromatic carbocycles. The average Bonchev–Trinajstić information content (AvgIpc) is 2.49. The van der Waals surface area contributed by atoms with E-state index in [9.17, 15) is 0 Å². The van der Waals surface area contributed by atoms with Crippen LogP contribution in [0.1, 0.15) is 5.69 Å². The SMILES string of the molecule is CN=C(N=c1scc(C)n1C)NC#N. The molecule has 0 aliphatic heterocycles. The number of nitrogens with one attached hydrogen (secondary N) is 1. The Bertz CT molecular complexity index is 445. The van der Waals surface area contributed by atoms with E-state index in [1.165, 1.54) is 11.3 Å². The average molecular weight is 209 g/mol. The highest BCUT2D eigenvalue weighted by Gasteiger charge is 1.97. The molecule has 74 valence electrons. The Morgan fingerprint density at radius 1 is 1.71 bits per heavy atom. The van der Waals surface area contributed by atoms with Crippen molar-refractivity contribution in [3.63, 3.8) is 0 Å². The lowest BCUT2D eigenvalue weighted by atomic mass is 10.6. The van der Waals surface area contributed by atoms with Gasteiger partial charge in [0.2, 0.25) is 5.96 Å². The molecular formula is C8H11N5S. The van der Waals surface area contributed by atoms with E-state index in [0.717, 1.165) is 10.5 Å². The molecule has 6 heteroatoms. The number of aryl methyl sites for hydroxylation is 1. The third-order valence-electron chi connectivity index (χ3n) is 1.73. The molecule has 0 fully saturated rings. The van der Waals surface area contributed by atoms with E-state index in [4.69, 9.17) is 5.26 Å². The third-order valence-corrected chi connectivity index (χ3v) is 2.77.